The summed E-state index contributed by atoms with van der Waals surface area (Å²) in [5, 5.41) is 3.81. The van der Waals surface area contributed by atoms with Gasteiger partial charge in [0.25, 0.3) is 0 Å². The molecule has 0 heterocycles. The fourth-order valence-corrected chi connectivity index (χ4v) is 3.16. The third kappa shape index (κ3) is 3.76. The molecule has 1 saturated carbocycles. The molecule has 2 unspecified atom stereocenters. The van der Waals surface area contributed by atoms with E-state index in [1.165, 1.54) is 24.8 Å². The molecule has 0 aromatic heterocycles. The molecule has 1 aromatic carbocycles. The predicted molar refractivity (Wildman–Crippen MR) is 85.2 cm³/mol. The van der Waals surface area contributed by atoms with Crippen LogP contribution in [0.25, 0.3) is 0 Å². The summed E-state index contributed by atoms with van der Waals surface area (Å²) in [4.78, 5) is 0. The number of nitrogens with one attached hydrogen (secondary N) is 1. The van der Waals surface area contributed by atoms with E-state index in [0.29, 0.717) is 17.5 Å². The van der Waals surface area contributed by atoms with Crippen LogP contribution in [0.1, 0.15) is 65.5 Å². The van der Waals surface area contributed by atoms with Gasteiger partial charge in [-0.1, -0.05) is 32.4 Å². The van der Waals surface area contributed by atoms with Crippen molar-refractivity contribution in [1.29, 1.82) is 0 Å². The van der Waals surface area contributed by atoms with Crippen molar-refractivity contribution in [1.82, 2.24) is 5.32 Å². The van der Waals surface area contributed by atoms with E-state index in [0.717, 1.165) is 5.75 Å². The highest BCUT2D eigenvalue weighted by Crippen LogP contribution is 2.38. The van der Waals surface area contributed by atoms with Crippen molar-refractivity contribution in [3.63, 3.8) is 0 Å². The van der Waals surface area contributed by atoms with Crippen molar-refractivity contribution >= 4 is 0 Å². The molecule has 2 rings (SSSR count). The summed E-state index contributed by atoms with van der Waals surface area (Å²) in [6.45, 7) is 11.1. The molecule has 2 heteroatoms. The van der Waals surface area contributed by atoms with Crippen LogP contribution in [0.2, 0.25) is 0 Å². The number of rotatable bonds is 5. The van der Waals surface area contributed by atoms with E-state index in [1.807, 2.05) is 6.07 Å². The average Bonchev–Trinajstić information content (AvgIpc) is 2.68. The highest BCUT2D eigenvalue weighted by atomic mass is 16.5. The molecule has 1 aromatic rings. The SMILES string of the molecule is CC(C)Oc1cccc(C(C)NC2CCCC2(C)C)c1. The molecule has 0 bridgehead atoms. The molecule has 1 aliphatic rings. The summed E-state index contributed by atoms with van der Waals surface area (Å²) < 4.78 is 5.79. The van der Waals surface area contributed by atoms with Crippen LogP contribution in [-0.2, 0) is 0 Å². The van der Waals surface area contributed by atoms with Crippen LogP contribution >= 0.6 is 0 Å². The minimum Gasteiger partial charge on any atom is -0.491 e. The van der Waals surface area contributed by atoms with Gasteiger partial charge < -0.3 is 10.1 Å². The molecule has 0 amide bonds. The van der Waals surface area contributed by atoms with E-state index in [1.54, 1.807) is 0 Å². The van der Waals surface area contributed by atoms with Gasteiger partial charge in [0.15, 0.2) is 0 Å². The van der Waals surface area contributed by atoms with Crippen LogP contribution in [0.3, 0.4) is 0 Å². The van der Waals surface area contributed by atoms with Gasteiger partial charge in [0.2, 0.25) is 0 Å². The lowest BCUT2D eigenvalue weighted by Crippen LogP contribution is -2.39. The lowest BCUT2D eigenvalue weighted by Gasteiger charge is -2.31. The van der Waals surface area contributed by atoms with Crippen LogP contribution < -0.4 is 10.1 Å². The Labute approximate surface area is 123 Å². The summed E-state index contributed by atoms with van der Waals surface area (Å²) in [6.07, 6.45) is 4.18. The molecule has 20 heavy (non-hydrogen) atoms. The average molecular weight is 275 g/mol. The topological polar surface area (TPSA) is 21.3 Å². The van der Waals surface area contributed by atoms with Crippen LogP contribution in [0, 0.1) is 5.41 Å². The van der Waals surface area contributed by atoms with E-state index in [2.05, 4.69) is 58.1 Å². The number of benzene rings is 1. The maximum atomic E-state index is 5.79. The van der Waals surface area contributed by atoms with Gasteiger partial charge in [0.05, 0.1) is 6.10 Å². The summed E-state index contributed by atoms with van der Waals surface area (Å²) in [7, 11) is 0. The normalized spacial score (nSPS) is 23.0. The summed E-state index contributed by atoms with van der Waals surface area (Å²) in [6, 6.07) is 9.47. The largest absolute Gasteiger partial charge is 0.491 e. The summed E-state index contributed by atoms with van der Waals surface area (Å²) >= 11 is 0. The molecule has 1 N–H and O–H groups in total. The van der Waals surface area contributed by atoms with Crippen molar-refractivity contribution in [3.8, 4) is 5.75 Å². The molecule has 0 radical (unpaired) electrons. The minimum atomic E-state index is 0.224. The molecule has 112 valence electrons. The molecule has 0 aliphatic heterocycles. The van der Waals surface area contributed by atoms with E-state index in [4.69, 9.17) is 4.74 Å². The van der Waals surface area contributed by atoms with Crippen LogP contribution in [0.15, 0.2) is 24.3 Å². The standard InChI is InChI=1S/C18H29NO/c1-13(2)20-16-9-6-8-15(12-16)14(3)19-17-10-7-11-18(17,4)5/h6,8-9,12-14,17,19H,7,10-11H2,1-5H3. The van der Waals surface area contributed by atoms with Gasteiger partial charge in [-0.2, -0.15) is 0 Å². The fourth-order valence-electron chi connectivity index (χ4n) is 3.16. The van der Waals surface area contributed by atoms with Gasteiger partial charge >= 0.3 is 0 Å². The zero-order valence-corrected chi connectivity index (χ0v) is 13.6. The third-order valence-corrected chi connectivity index (χ3v) is 4.44. The van der Waals surface area contributed by atoms with Crippen molar-refractivity contribution in [2.45, 2.75) is 72.1 Å². The summed E-state index contributed by atoms with van der Waals surface area (Å²) in [5.41, 5.74) is 1.73. The molecule has 2 atom stereocenters. The van der Waals surface area contributed by atoms with Gasteiger partial charge in [-0.15, -0.1) is 0 Å². The molecule has 0 spiro atoms. The Bertz CT molecular complexity index is 439. The van der Waals surface area contributed by atoms with Gasteiger partial charge in [-0.25, -0.2) is 0 Å². The Morgan fingerprint density at radius 2 is 2.00 bits per heavy atom. The van der Waals surface area contributed by atoms with Gasteiger partial charge in [0, 0.05) is 12.1 Å². The van der Waals surface area contributed by atoms with E-state index >= 15 is 0 Å². The van der Waals surface area contributed by atoms with E-state index in [-0.39, 0.29) is 6.10 Å². The smallest absolute Gasteiger partial charge is 0.120 e. The zero-order valence-electron chi connectivity index (χ0n) is 13.6. The Hall–Kier alpha value is -1.02. The zero-order chi connectivity index (χ0) is 14.8. The lowest BCUT2D eigenvalue weighted by molar-refractivity contribution is 0.241. The number of hydrogen-bond donors (Lipinski definition) is 1. The minimum absolute atomic E-state index is 0.224. The number of hydrogen-bond acceptors (Lipinski definition) is 2. The Kier molecular flexibility index (Phi) is 4.74. The van der Waals surface area contributed by atoms with Crippen LogP contribution in [0.4, 0.5) is 0 Å². The predicted octanol–water partition coefficient (Wildman–Crippen LogP) is 4.70. The van der Waals surface area contributed by atoms with Crippen molar-refractivity contribution in [2.24, 2.45) is 5.41 Å². The van der Waals surface area contributed by atoms with Gasteiger partial charge in [-0.05, 0) is 56.7 Å². The second kappa shape index (κ2) is 6.17. The first-order valence-electron chi connectivity index (χ1n) is 7.91. The maximum Gasteiger partial charge on any atom is 0.120 e. The second-order valence-corrected chi connectivity index (χ2v) is 7.06. The molecule has 1 aliphatic carbocycles. The van der Waals surface area contributed by atoms with Gasteiger partial charge in [0.1, 0.15) is 5.75 Å². The Morgan fingerprint density at radius 3 is 2.60 bits per heavy atom. The van der Waals surface area contributed by atoms with E-state index < -0.39 is 0 Å². The fraction of sp³-hybridized carbons (Fsp3) is 0.667. The monoisotopic (exact) mass is 275 g/mol. The lowest BCUT2D eigenvalue weighted by atomic mass is 9.86. The number of ether oxygens (including phenoxy) is 1. The van der Waals surface area contributed by atoms with Crippen molar-refractivity contribution in [3.05, 3.63) is 29.8 Å². The molecular weight excluding hydrogens is 246 g/mol. The molecule has 2 nitrogen and oxygen atoms in total. The third-order valence-electron chi connectivity index (χ3n) is 4.44. The second-order valence-electron chi connectivity index (χ2n) is 7.06. The highest BCUT2D eigenvalue weighted by molar-refractivity contribution is 5.30. The first-order valence-corrected chi connectivity index (χ1v) is 7.91. The highest BCUT2D eigenvalue weighted by Gasteiger charge is 2.34. The molecular formula is C18H29NO. The molecule has 1 fully saturated rings. The summed E-state index contributed by atoms with van der Waals surface area (Å²) in [5.74, 6) is 0.969. The Balaban J connectivity index is 2.03. The first kappa shape index (κ1) is 15.4. The van der Waals surface area contributed by atoms with Gasteiger partial charge in [-0.3, -0.25) is 0 Å². The Morgan fingerprint density at radius 1 is 1.25 bits per heavy atom. The van der Waals surface area contributed by atoms with Crippen LogP contribution in [0.5, 0.6) is 5.75 Å². The first-order chi connectivity index (χ1) is 9.38. The van der Waals surface area contributed by atoms with Crippen LogP contribution in [-0.4, -0.2) is 12.1 Å². The van der Waals surface area contributed by atoms with Crippen molar-refractivity contribution in [2.75, 3.05) is 0 Å². The quantitative estimate of drug-likeness (QED) is 0.840. The molecule has 0 saturated heterocycles. The van der Waals surface area contributed by atoms with Crippen molar-refractivity contribution < 1.29 is 4.74 Å². The maximum absolute atomic E-state index is 5.79. The van der Waals surface area contributed by atoms with E-state index in [9.17, 15) is 0 Å².